The summed E-state index contributed by atoms with van der Waals surface area (Å²) in [7, 11) is 2.12. The predicted molar refractivity (Wildman–Crippen MR) is 77.0 cm³/mol. The molecule has 96 valence electrons. The fourth-order valence-electron chi connectivity index (χ4n) is 1.68. The topological polar surface area (TPSA) is 29.0 Å². The molecule has 1 heterocycles. The largest absolute Gasteiger partial charge is 0.357 e. The maximum absolute atomic E-state index is 4.52. The van der Waals surface area contributed by atoms with Gasteiger partial charge in [-0.15, -0.1) is 0 Å². The van der Waals surface area contributed by atoms with Crippen LogP contribution >= 0.6 is 11.8 Å². The third kappa shape index (κ3) is 4.19. The molecule has 0 radical (unpaired) electrons. The lowest BCUT2D eigenvalue weighted by atomic mass is 10.2. The minimum absolute atomic E-state index is 0.515. The molecule has 3 nitrogen and oxygen atoms in total. The molecule has 0 saturated carbocycles. The Bertz CT molecular complexity index is 355. The summed E-state index contributed by atoms with van der Waals surface area (Å²) in [5.74, 6) is 3.10. The first-order chi connectivity index (χ1) is 8.08. The molecule has 0 spiro atoms. The van der Waals surface area contributed by atoms with Gasteiger partial charge in [0.25, 0.3) is 0 Å². The van der Waals surface area contributed by atoms with Crippen molar-refractivity contribution in [2.75, 3.05) is 24.0 Å². The van der Waals surface area contributed by atoms with Crippen LogP contribution in [0.25, 0.3) is 0 Å². The quantitative estimate of drug-likeness (QED) is 0.779. The Morgan fingerprint density at radius 3 is 2.71 bits per heavy atom. The van der Waals surface area contributed by atoms with E-state index in [0.717, 1.165) is 23.8 Å². The van der Waals surface area contributed by atoms with Crippen LogP contribution in [-0.4, -0.2) is 35.1 Å². The van der Waals surface area contributed by atoms with E-state index in [2.05, 4.69) is 48.1 Å². The number of rotatable bonds is 6. The van der Waals surface area contributed by atoms with Crippen molar-refractivity contribution < 1.29 is 0 Å². The van der Waals surface area contributed by atoms with Crippen molar-refractivity contribution in [2.24, 2.45) is 0 Å². The summed E-state index contributed by atoms with van der Waals surface area (Å²) in [6, 6.07) is 2.62. The molecule has 1 unspecified atom stereocenters. The SMILES string of the molecule is CCc1cc(N(C)C(C)CCSC)nc(C)n1. The van der Waals surface area contributed by atoms with Gasteiger partial charge in [0.1, 0.15) is 11.6 Å². The minimum Gasteiger partial charge on any atom is -0.357 e. The highest BCUT2D eigenvalue weighted by Crippen LogP contribution is 2.16. The third-order valence-corrected chi connectivity index (χ3v) is 3.65. The molecular weight excluding hydrogens is 230 g/mol. The predicted octanol–water partition coefficient (Wildman–Crippen LogP) is 2.93. The number of anilines is 1. The molecular formula is C13H23N3S. The Hall–Kier alpha value is -0.770. The van der Waals surface area contributed by atoms with E-state index in [4.69, 9.17) is 0 Å². The summed E-state index contributed by atoms with van der Waals surface area (Å²) in [5, 5.41) is 0. The molecule has 17 heavy (non-hydrogen) atoms. The van der Waals surface area contributed by atoms with Crippen LogP contribution in [0.15, 0.2) is 6.07 Å². The number of aryl methyl sites for hydroxylation is 2. The van der Waals surface area contributed by atoms with E-state index < -0.39 is 0 Å². The fraction of sp³-hybridized carbons (Fsp3) is 0.692. The van der Waals surface area contributed by atoms with Gasteiger partial charge >= 0.3 is 0 Å². The van der Waals surface area contributed by atoms with Gasteiger partial charge in [-0.3, -0.25) is 0 Å². The maximum atomic E-state index is 4.52. The molecule has 4 heteroatoms. The second kappa shape index (κ2) is 6.84. The number of aromatic nitrogens is 2. The van der Waals surface area contributed by atoms with Gasteiger partial charge in [0.05, 0.1) is 0 Å². The van der Waals surface area contributed by atoms with E-state index in [1.54, 1.807) is 0 Å². The lowest BCUT2D eigenvalue weighted by Crippen LogP contribution is -2.30. The van der Waals surface area contributed by atoms with E-state index in [1.807, 2.05) is 18.7 Å². The zero-order valence-electron chi connectivity index (χ0n) is 11.5. The molecule has 1 rings (SSSR count). The second-order valence-electron chi connectivity index (χ2n) is 4.36. The molecule has 1 atom stereocenters. The molecule has 1 aromatic heterocycles. The maximum Gasteiger partial charge on any atom is 0.132 e. The number of nitrogens with zero attached hydrogens (tertiary/aromatic N) is 3. The highest BCUT2D eigenvalue weighted by atomic mass is 32.2. The molecule has 0 saturated heterocycles. The van der Waals surface area contributed by atoms with Gasteiger partial charge in [-0.2, -0.15) is 11.8 Å². The summed E-state index contributed by atoms with van der Waals surface area (Å²) >= 11 is 1.89. The Balaban J connectivity index is 2.80. The molecule has 1 aromatic rings. The van der Waals surface area contributed by atoms with Crippen molar-refractivity contribution >= 4 is 17.6 Å². The summed E-state index contributed by atoms with van der Waals surface area (Å²) < 4.78 is 0. The van der Waals surface area contributed by atoms with Crippen molar-refractivity contribution in [2.45, 2.75) is 39.7 Å². The van der Waals surface area contributed by atoms with Crippen LogP contribution in [0.3, 0.4) is 0 Å². The van der Waals surface area contributed by atoms with E-state index in [1.165, 1.54) is 12.2 Å². The monoisotopic (exact) mass is 253 g/mol. The van der Waals surface area contributed by atoms with Gasteiger partial charge in [-0.25, -0.2) is 9.97 Å². The Labute approximate surface area is 109 Å². The molecule has 0 fully saturated rings. The summed E-state index contributed by atoms with van der Waals surface area (Å²) in [4.78, 5) is 11.2. The first-order valence-corrected chi connectivity index (χ1v) is 7.54. The van der Waals surface area contributed by atoms with Crippen molar-refractivity contribution in [3.05, 3.63) is 17.6 Å². The summed E-state index contributed by atoms with van der Waals surface area (Å²) in [6.07, 6.45) is 4.29. The van der Waals surface area contributed by atoms with Crippen LogP contribution in [-0.2, 0) is 6.42 Å². The van der Waals surface area contributed by atoms with Crippen molar-refractivity contribution in [1.29, 1.82) is 0 Å². The van der Waals surface area contributed by atoms with Crippen LogP contribution < -0.4 is 4.90 Å². The van der Waals surface area contributed by atoms with Crippen LogP contribution in [0.4, 0.5) is 5.82 Å². The third-order valence-electron chi connectivity index (χ3n) is 3.00. The lowest BCUT2D eigenvalue weighted by molar-refractivity contribution is 0.659. The van der Waals surface area contributed by atoms with E-state index in [-0.39, 0.29) is 0 Å². The molecule has 0 aliphatic rings. The molecule has 0 amide bonds. The Morgan fingerprint density at radius 2 is 2.12 bits per heavy atom. The van der Waals surface area contributed by atoms with Gasteiger partial charge in [-0.1, -0.05) is 6.92 Å². The standard InChI is InChI=1S/C13H23N3S/c1-6-12-9-13(15-11(3)14-12)16(4)10(2)7-8-17-5/h9-10H,6-8H2,1-5H3. The Kier molecular flexibility index (Phi) is 5.75. The van der Waals surface area contributed by atoms with E-state index >= 15 is 0 Å². The average molecular weight is 253 g/mol. The van der Waals surface area contributed by atoms with Crippen molar-refractivity contribution in [1.82, 2.24) is 9.97 Å². The number of hydrogen-bond acceptors (Lipinski definition) is 4. The van der Waals surface area contributed by atoms with Gasteiger partial charge in [-0.05, 0) is 38.7 Å². The summed E-state index contributed by atoms with van der Waals surface area (Å²) in [5.41, 5.74) is 1.12. The lowest BCUT2D eigenvalue weighted by Gasteiger charge is -2.26. The minimum atomic E-state index is 0.515. The average Bonchev–Trinajstić information content (AvgIpc) is 2.34. The normalized spacial score (nSPS) is 12.5. The number of thioether (sulfide) groups is 1. The first-order valence-electron chi connectivity index (χ1n) is 6.14. The van der Waals surface area contributed by atoms with Crippen LogP contribution in [0.1, 0.15) is 31.8 Å². The van der Waals surface area contributed by atoms with Crippen LogP contribution in [0.2, 0.25) is 0 Å². The highest BCUT2D eigenvalue weighted by Gasteiger charge is 2.12. The highest BCUT2D eigenvalue weighted by molar-refractivity contribution is 7.98. The fourth-order valence-corrected chi connectivity index (χ4v) is 2.26. The van der Waals surface area contributed by atoms with E-state index in [0.29, 0.717) is 6.04 Å². The van der Waals surface area contributed by atoms with Crippen molar-refractivity contribution in [3.8, 4) is 0 Å². The molecule has 0 aliphatic heterocycles. The molecule has 0 bridgehead atoms. The number of hydrogen-bond donors (Lipinski definition) is 0. The Morgan fingerprint density at radius 1 is 1.41 bits per heavy atom. The van der Waals surface area contributed by atoms with Gasteiger partial charge in [0, 0.05) is 24.8 Å². The summed E-state index contributed by atoms with van der Waals surface area (Å²) in [6.45, 7) is 6.34. The van der Waals surface area contributed by atoms with Crippen LogP contribution in [0, 0.1) is 6.92 Å². The van der Waals surface area contributed by atoms with Gasteiger partial charge < -0.3 is 4.90 Å². The van der Waals surface area contributed by atoms with Gasteiger partial charge in [0.2, 0.25) is 0 Å². The van der Waals surface area contributed by atoms with Crippen LogP contribution in [0.5, 0.6) is 0 Å². The van der Waals surface area contributed by atoms with E-state index in [9.17, 15) is 0 Å². The van der Waals surface area contributed by atoms with Gasteiger partial charge in [0.15, 0.2) is 0 Å². The second-order valence-corrected chi connectivity index (χ2v) is 5.35. The zero-order chi connectivity index (χ0) is 12.8. The molecule has 0 aliphatic carbocycles. The zero-order valence-corrected chi connectivity index (χ0v) is 12.3. The molecule has 0 N–H and O–H groups in total. The smallest absolute Gasteiger partial charge is 0.132 e. The van der Waals surface area contributed by atoms with Crippen molar-refractivity contribution in [3.63, 3.8) is 0 Å². The first kappa shape index (κ1) is 14.3. The molecule has 0 aromatic carbocycles.